The molecule has 0 aliphatic heterocycles. The molecule has 0 spiro atoms. The Kier molecular flexibility index (Phi) is 2.69. The van der Waals surface area contributed by atoms with Gasteiger partial charge in [0.2, 0.25) is 5.95 Å². The summed E-state index contributed by atoms with van der Waals surface area (Å²) in [7, 11) is 0. The third-order valence-electron chi connectivity index (χ3n) is 1.50. The average molecular weight is 180 g/mol. The van der Waals surface area contributed by atoms with Gasteiger partial charge in [-0.25, -0.2) is 0 Å². The minimum atomic E-state index is 0.0304. The number of nitrogen functional groups attached to an aromatic ring is 1. The van der Waals surface area contributed by atoms with Gasteiger partial charge >= 0.3 is 0 Å². The lowest BCUT2D eigenvalue weighted by molar-refractivity contribution is 0.180. The summed E-state index contributed by atoms with van der Waals surface area (Å²) in [6.07, 6.45) is 1.66. The molecule has 0 aliphatic rings. The van der Waals surface area contributed by atoms with Crippen LogP contribution in [0.2, 0.25) is 0 Å². The molecule has 3 N–H and O–H groups in total. The molecule has 0 saturated carbocycles. The van der Waals surface area contributed by atoms with Crippen LogP contribution in [-0.2, 0) is 0 Å². The molecule has 1 rings (SSSR count). The van der Waals surface area contributed by atoms with E-state index in [1.54, 1.807) is 19.1 Å². The molecular formula is C8H12N4O. The van der Waals surface area contributed by atoms with Crippen LogP contribution in [0.25, 0.3) is 0 Å². The van der Waals surface area contributed by atoms with E-state index in [0.29, 0.717) is 17.7 Å². The second-order valence-corrected chi connectivity index (χ2v) is 2.56. The Morgan fingerprint density at radius 2 is 2.54 bits per heavy atom. The normalized spacial score (nSPS) is 11.6. The second-order valence-electron chi connectivity index (χ2n) is 2.56. The largest absolute Gasteiger partial charge is 0.425 e. The Hall–Kier alpha value is -1.78. The Balaban J connectivity index is 3.20. The number of anilines is 1. The van der Waals surface area contributed by atoms with E-state index in [2.05, 4.69) is 16.6 Å². The Morgan fingerprint density at radius 3 is 3.08 bits per heavy atom. The molecule has 13 heavy (non-hydrogen) atoms. The van der Waals surface area contributed by atoms with E-state index in [1.807, 2.05) is 0 Å². The average Bonchev–Trinajstić information content (AvgIpc) is 2.10. The zero-order valence-electron chi connectivity index (χ0n) is 7.44. The van der Waals surface area contributed by atoms with Crippen molar-refractivity contribution in [2.75, 3.05) is 12.3 Å². The monoisotopic (exact) mass is 180 g/mol. The number of nitrogens with two attached hydrogens (primary N) is 1. The van der Waals surface area contributed by atoms with Crippen molar-refractivity contribution < 1.29 is 5.21 Å². The van der Waals surface area contributed by atoms with E-state index in [1.165, 1.54) is 0 Å². The van der Waals surface area contributed by atoms with Gasteiger partial charge in [0, 0.05) is 6.07 Å². The molecule has 70 valence electrons. The third-order valence-corrected chi connectivity index (χ3v) is 1.50. The van der Waals surface area contributed by atoms with Gasteiger partial charge in [0.05, 0.1) is 12.2 Å². The van der Waals surface area contributed by atoms with E-state index >= 15 is 0 Å². The summed E-state index contributed by atoms with van der Waals surface area (Å²) in [5.74, 6) is 0.0304. The summed E-state index contributed by atoms with van der Waals surface area (Å²) < 4.78 is 0.812. The molecule has 1 aromatic heterocycles. The van der Waals surface area contributed by atoms with Crippen LogP contribution < -0.4 is 11.2 Å². The van der Waals surface area contributed by atoms with E-state index < -0.39 is 0 Å². The fraction of sp³-hybridized carbons (Fsp3) is 0.250. The molecule has 0 radical (unpaired) electrons. The van der Waals surface area contributed by atoms with Gasteiger partial charge in [0.15, 0.2) is 5.49 Å². The lowest BCUT2D eigenvalue weighted by atomic mass is 10.4. The highest BCUT2D eigenvalue weighted by molar-refractivity contribution is 5.18. The molecule has 0 fully saturated rings. The molecule has 1 aromatic rings. The predicted molar refractivity (Wildman–Crippen MR) is 49.2 cm³/mol. The van der Waals surface area contributed by atoms with Gasteiger partial charge in [-0.15, -0.1) is 6.58 Å². The van der Waals surface area contributed by atoms with Gasteiger partial charge in [0.1, 0.15) is 0 Å². The van der Waals surface area contributed by atoms with Crippen LogP contribution in [0.1, 0.15) is 5.69 Å². The van der Waals surface area contributed by atoms with Crippen molar-refractivity contribution in [1.29, 1.82) is 0 Å². The minimum absolute atomic E-state index is 0.0304. The Bertz CT molecular complexity index is 354. The SMILES string of the molecule is C=CCN=c1cc(C)n(O)c(N)n1. The van der Waals surface area contributed by atoms with Crippen LogP contribution in [0.4, 0.5) is 5.95 Å². The van der Waals surface area contributed by atoms with Crippen molar-refractivity contribution in [1.82, 2.24) is 9.71 Å². The van der Waals surface area contributed by atoms with Crippen molar-refractivity contribution in [3.8, 4) is 0 Å². The van der Waals surface area contributed by atoms with Crippen LogP contribution in [0, 0.1) is 6.92 Å². The number of aromatic nitrogens is 2. The number of nitrogens with zero attached hydrogens (tertiary/aromatic N) is 3. The Morgan fingerprint density at radius 1 is 1.85 bits per heavy atom. The summed E-state index contributed by atoms with van der Waals surface area (Å²) in [5, 5.41) is 9.22. The highest BCUT2D eigenvalue weighted by Gasteiger charge is 1.98. The number of hydrogen-bond acceptors (Lipinski definition) is 4. The van der Waals surface area contributed by atoms with Crippen LogP contribution in [0.15, 0.2) is 23.7 Å². The van der Waals surface area contributed by atoms with Crippen molar-refractivity contribution in [3.05, 3.63) is 29.9 Å². The maximum Gasteiger partial charge on any atom is 0.236 e. The fourth-order valence-corrected chi connectivity index (χ4v) is 0.865. The fourth-order valence-electron chi connectivity index (χ4n) is 0.865. The summed E-state index contributed by atoms with van der Waals surface area (Å²) in [6, 6.07) is 1.64. The predicted octanol–water partition coefficient (Wildman–Crippen LogP) is 0.0977. The lowest BCUT2D eigenvalue weighted by Crippen LogP contribution is -2.18. The maximum atomic E-state index is 9.22. The Labute approximate surface area is 75.8 Å². The molecule has 5 nitrogen and oxygen atoms in total. The smallest absolute Gasteiger partial charge is 0.236 e. The van der Waals surface area contributed by atoms with Crippen molar-refractivity contribution >= 4 is 5.95 Å². The zero-order chi connectivity index (χ0) is 9.84. The molecule has 0 atom stereocenters. The molecule has 0 saturated heterocycles. The molecular weight excluding hydrogens is 168 g/mol. The third kappa shape index (κ3) is 2.08. The summed E-state index contributed by atoms with van der Waals surface area (Å²) in [4.78, 5) is 7.90. The topological polar surface area (TPSA) is 76.4 Å². The second kappa shape index (κ2) is 3.75. The van der Waals surface area contributed by atoms with Gasteiger partial charge in [0.25, 0.3) is 0 Å². The first-order valence-electron chi connectivity index (χ1n) is 3.82. The van der Waals surface area contributed by atoms with Crippen molar-refractivity contribution in [2.24, 2.45) is 4.99 Å². The standard InChI is InChI=1S/C8H12N4O/c1-3-4-10-7-5-6(2)12(13)8(9)11-7/h3,5,13H,1,4H2,2H3,(H2,9,10,11). The molecule has 1 heterocycles. The summed E-state index contributed by atoms with van der Waals surface area (Å²) in [5.41, 5.74) is 6.50. The first kappa shape index (κ1) is 9.31. The van der Waals surface area contributed by atoms with Crippen LogP contribution in [-0.4, -0.2) is 21.5 Å². The van der Waals surface area contributed by atoms with Gasteiger partial charge in [-0.2, -0.15) is 9.71 Å². The molecule has 0 amide bonds. The summed E-state index contributed by atoms with van der Waals surface area (Å²) >= 11 is 0. The number of rotatable bonds is 2. The lowest BCUT2D eigenvalue weighted by Gasteiger charge is -2.03. The number of aryl methyl sites for hydroxylation is 1. The van der Waals surface area contributed by atoms with Crippen LogP contribution >= 0.6 is 0 Å². The molecule has 0 bridgehead atoms. The highest BCUT2D eigenvalue weighted by Crippen LogP contribution is 1.95. The number of hydrogen-bond donors (Lipinski definition) is 2. The summed E-state index contributed by atoms with van der Waals surface area (Å²) in [6.45, 7) is 5.73. The van der Waals surface area contributed by atoms with E-state index in [4.69, 9.17) is 5.73 Å². The minimum Gasteiger partial charge on any atom is -0.425 e. The zero-order valence-corrected chi connectivity index (χ0v) is 7.44. The van der Waals surface area contributed by atoms with Crippen LogP contribution in [0.3, 0.4) is 0 Å². The van der Waals surface area contributed by atoms with E-state index in [-0.39, 0.29) is 5.95 Å². The van der Waals surface area contributed by atoms with Gasteiger partial charge in [-0.1, -0.05) is 6.08 Å². The van der Waals surface area contributed by atoms with Crippen LogP contribution in [0.5, 0.6) is 0 Å². The highest BCUT2D eigenvalue weighted by atomic mass is 16.5. The van der Waals surface area contributed by atoms with Crippen molar-refractivity contribution in [2.45, 2.75) is 6.92 Å². The van der Waals surface area contributed by atoms with E-state index in [0.717, 1.165) is 4.73 Å². The van der Waals surface area contributed by atoms with Crippen molar-refractivity contribution in [3.63, 3.8) is 0 Å². The van der Waals surface area contributed by atoms with Gasteiger partial charge in [-0.3, -0.25) is 4.99 Å². The first-order chi connectivity index (χ1) is 6.15. The maximum absolute atomic E-state index is 9.22. The molecule has 5 heteroatoms. The first-order valence-corrected chi connectivity index (χ1v) is 3.82. The van der Waals surface area contributed by atoms with Gasteiger partial charge < -0.3 is 10.9 Å². The van der Waals surface area contributed by atoms with Gasteiger partial charge in [-0.05, 0) is 6.92 Å². The quantitative estimate of drug-likeness (QED) is 0.500. The molecule has 0 aliphatic carbocycles. The molecule has 0 unspecified atom stereocenters. The molecule has 0 aromatic carbocycles. The van der Waals surface area contributed by atoms with E-state index in [9.17, 15) is 5.21 Å².